The van der Waals surface area contributed by atoms with Gasteiger partial charge in [-0.25, -0.2) is 0 Å². The highest BCUT2D eigenvalue weighted by Crippen LogP contribution is 2.26. The highest BCUT2D eigenvalue weighted by atomic mass is 32.1. The Balaban J connectivity index is 1.71. The van der Waals surface area contributed by atoms with E-state index >= 15 is 0 Å². The van der Waals surface area contributed by atoms with Crippen LogP contribution in [0.25, 0.3) is 0 Å². The number of rotatable bonds is 6. The highest BCUT2D eigenvalue weighted by molar-refractivity contribution is 7.12. The van der Waals surface area contributed by atoms with E-state index < -0.39 is 0 Å². The number of thiophene rings is 1. The summed E-state index contributed by atoms with van der Waals surface area (Å²) in [5, 5.41) is 5.90. The quantitative estimate of drug-likeness (QED) is 0.845. The van der Waals surface area contributed by atoms with E-state index in [9.17, 15) is 9.59 Å². The van der Waals surface area contributed by atoms with E-state index in [1.165, 1.54) is 15.3 Å². The number of carbonyl (C=O) groups excluding carboxylic acids is 2. The number of nitrogens with one attached hydrogen (secondary N) is 2. The number of carbonyl (C=O) groups is 2. The normalized spacial score (nSPS) is 16.5. The third kappa shape index (κ3) is 4.57. The summed E-state index contributed by atoms with van der Waals surface area (Å²) >= 11 is 1.75. The van der Waals surface area contributed by atoms with Crippen molar-refractivity contribution in [2.75, 3.05) is 6.54 Å². The van der Waals surface area contributed by atoms with E-state index in [1.54, 1.807) is 11.3 Å². The average molecular weight is 322 g/mol. The molecule has 1 fully saturated rings. The van der Waals surface area contributed by atoms with Gasteiger partial charge >= 0.3 is 0 Å². The van der Waals surface area contributed by atoms with Crippen LogP contribution in [0.5, 0.6) is 0 Å². The summed E-state index contributed by atoms with van der Waals surface area (Å²) in [4.78, 5) is 26.4. The average Bonchev–Trinajstić information content (AvgIpc) is 3.08. The Morgan fingerprint density at radius 3 is 2.59 bits per heavy atom. The summed E-state index contributed by atoms with van der Waals surface area (Å²) in [6.45, 7) is 6.59. The first-order valence-corrected chi connectivity index (χ1v) is 8.93. The Labute approximate surface area is 136 Å². The van der Waals surface area contributed by atoms with Crippen LogP contribution in [0.2, 0.25) is 0 Å². The predicted octanol–water partition coefficient (Wildman–Crippen LogP) is 3.24. The van der Waals surface area contributed by atoms with Gasteiger partial charge in [0.2, 0.25) is 11.8 Å². The van der Waals surface area contributed by atoms with E-state index in [2.05, 4.69) is 30.5 Å². The Morgan fingerprint density at radius 1 is 1.32 bits per heavy atom. The van der Waals surface area contributed by atoms with Crippen molar-refractivity contribution in [3.8, 4) is 0 Å². The molecule has 2 rings (SSSR count). The van der Waals surface area contributed by atoms with Crippen molar-refractivity contribution in [1.29, 1.82) is 0 Å². The maximum atomic E-state index is 12.0. The van der Waals surface area contributed by atoms with Gasteiger partial charge in [0.25, 0.3) is 0 Å². The molecule has 1 saturated carbocycles. The first-order valence-electron chi connectivity index (χ1n) is 8.11. The lowest BCUT2D eigenvalue weighted by molar-refractivity contribution is -0.125. The SMILES string of the molecule is Cc1cc([C@@H](C)NC(=O)CCNC(=O)C2CCCC2)c(C)s1. The number of aryl methyl sites for hydroxylation is 2. The molecule has 1 aromatic heterocycles. The summed E-state index contributed by atoms with van der Waals surface area (Å²) in [5.74, 6) is 0.267. The van der Waals surface area contributed by atoms with Crippen LogP contribution in [0.3, 0.4) is 0 Å². The van der Waals surface area contributed by atoms with Crippen molar-refractivity contribution in [2.24, 2.45) is 5.92 Å². The number of hydrogen-bond donors (Lipinski definition) is 2. The molecule has 0 aromatic carbocycles. The number of amides is 2. The van der Waals surface area contributed by atoms with Crippen molar-refractivity contribution < 1.29 is 9.59 Å². The molecule has 2 amide bonds. The Hall–Kier alpha value is -1.36. The molecular formula is C17H26N2O2S. The van der Waals surface area contributed by atoms with Gasteiger partial charge < -0.3 is 10.6 Å². The van der Waals surface area contributed by atoms with Crippen LogP contribution in [-0.2, 0) is 9.59 Å². The maximum Gasteiger partial charge on any atom is 0.223 e. The van der Waals surface area contributed by atoms with Gasteiger partial charge in [0.15, 0.2) is 0 Å². The fourth-order valence-corrected chi connectivity index (χ4v) is 4.13. The van der Waals surface area contributed by atoms with Crippen LogP contribution < -0.4 is 10.6 Å². The lowest BCUT2D eigenvalue weighted by Gasteiger charge is -2.15. The molecule has 122 valence electrons. The Bertz CT molecular complexity index is 533. The minimum Gasteiger partial charge on any atom is -0.355 e. The molecule has 1 aliphatic carbocycles. The van der Waals surface area contributed by atoms with Crippen molar-refractivity contribution in [2.45, 2.75) is 58.9 Å². The van der Waals surface area contributed by atoms with Crippen LogP contribution in [-0.4, -0.2) is 18.4 Å². The van der Waals surface area contributed by atoms with Crippen LogP contribution in [0, 0.1) is 19.8 Å². The molecule has 0 saturated heterocycles. The minimum absolute atomic E-state index is 0.0116. The summed E-state index contributed by atoms with van der Waals surface area (Å²) in [7, 11) is 0. The molecule has 4 nitrogen and oxygen atoms in total. The molecule has 1 aromatic rings. The van der Waals surface area contributed by atoms with Gasteiger partial charge in [-0.1, -0.05) is 12.8 Å². The van der Waals surface area contributed by atoms with E-state index in [1.807, 2.05) is 6.92 Å². The Morgan fingerprint density at radius 2 is 2.00 bits per heavy atom. The largest absolute Gasteiger partial charge is 0.355 e. The standard InChI is InChI=1S/C17H26N2O2S/c1-11-10-15(13(3)22-11)12(2)19-16(20)8-9-18-17(21)14-6-4-5-7-14/h10,12,14H,4-9H2,1-3H3,(H,18,21)(H,19,20)/t12-/m1/s1. The third-order valence-electron chi connectivity index (χ3n) is 4.30. The van der Waals surface area contributed by atoms with Gasteiger partial charge in [0, 0.05) is 28.6 Å². The minimum atomic E-state index is -0.0116. The van der Waals surface area contributed by atoms with Crippen molar-refractivity contribution in [3.63, 3.8) is 0 Å². The van der Waals surface area contributed by atoms with Gasteiger partial charge in [0.05, 0.1) is 6.04 Å². The van der Waals surface area contributed by atoms with Crippen molar-refractivity contribution in [3.05, 3.63) is 21.4 Å². The third-order valence-corrected chi connectivity index (χ3v) is 5.28. The monoisotopic (exact) mass is 322 g/mol. The molecule has 0 aliphatic heterocycles. The second-order valence-electron chi connectivity index (χ2n) is 6.18. The van der Waals surface area contributed by atoms with Crippen LogP contribution in [0.15, 0.2) is 6.07 Å². The molecule has 5 heteroatoms. The summed E-state index contributed by atoms with van der Waals surface area (Å²) in [6, 6.07) is 2.15. The summed E-state index contributed by atoms with van der Waals surface area (Å²) in [6.07, 6.45) is 4.62. The van der Waals surface area contributed by atoms with Gasteiger partial charge in [-0.2, -0.15) is 0 Å². The topological polar surface area (TPSA) is 58.2 Å². The smallest absolute Gasteiger partial charge is 0.223 e. The molecule has 0 unspecified atom stereocenters. The zero-order valence-electron chi connectivity index (χ0n) is 13.7. The second kappa shape index (κ2) is 7.77. The van der Waals surface area contributed by atoms with E-state index in [0.29, 0.717) is 13.0 Å². The number of hydrogen-bond acceptors (Lipinski definition) is 3. The van der Waals surface area contributed by atoms with Crippen LogP contribution in [0.4, 0.5) is 0 Å². The zero-order chi connectivity index (χ0) is 16.1. The molecule has 1 aliphatic rings. The van der Waals surface area contributed by atoms with E-state index in [4.69, 9.17) is 0 Å². The van der Waals surface area contributed by atoms with Gasteiger partial charge in [-0.05, 0) is 45.2 Å². The molecule has 1 heterocycles. The van der Waals surface area contributed by atoms with E-state index in [0.717, 1.165) is 25.7 Å². The zero-order valence-corrected chi connectivity index (χ0v) is 14.5. The molecule has 0 spiro atoms. The molecule has 22 heavy (non-hydrogen) atoms. The van der Waals surface area contributed by atoms with Gasteiger partial charge in [-0.3, -0.25) is 9.59 Å². The molecule has 0 radical (unpaired) electrons. The van der Waals surface area contributed by atoms with Crippen molar-refractivity contribution >= 4 is 23.2 Å². The van der Waals surface area contributed by atoms with Gasteiger partial charge in [0.1, 0.15) is 0 Å². The summed E-state index contributed by atoms with van der Waals surface area (Å²) in [5.41, 5.74) is 1.19. The molecular weight excluding hydrogens is 296 g/mol. The highest BCUT2D eigenvalue weighted by Gasteiger charge is 2.22. The van der Waals surface area contributed by atoms with E-state index in [-0.39, 0.29) is 23.8 Å². The maximum absolute atomic E-state index is 12.0. The van der Waals surface area contributed by atoms with Crippen LogP contribution in [0.1, 0.15) is 60.4 Å². The van der Waals surface area contributed by atoms with Gasteiger partial charge in [-0.15, -0.1) is 11.3 Å². The van der Waals surface area contributed by atoms with Crippen LogP contribution >= 0.6 is 11.3 Å². The summed E-state index contributed by atoms with van der Waals surface area (Å²) < 4.78 is 0. The van der Waals surface area contributed by atoms with Crippen molar-refractivity contribution in [1.82, 2.24) is 10.6 Å². The lowest BCUT2D eigenvalue weighted by atomic mass is 10.1. The first kappa shape index (κ1) is 17.0. The second-order valence-corrected chi connectivity index (χ2v) is 7.64. The molecule has 2 N–H and O–H groups in total. The lowest BCUT2D eigenvalue weighted by Crippen LogP contribution is -2.34. The predicted molar refractivity (Wildman–Crippen MR) is 89.9 cm³/mol. The fourth-order valence-electron chi connectivity index (χ4n) is 3.10. The fraction of sp³-hybridized carbons (Fsp3) is 0.647. The molecule has 0 bridgehead atoms. The first-order chi connectivity index (χ1) is 10.5. The molecule has 1 atom stereocenters. The Kier molecular flexibility index (Phi) is 6.00.